The number of fused-ring (bicyclic) bond motifs is 2. The molecule has 4 heterocycles. The van der Waals surface area contributed by atoms with E-state index in [1.165, 1.54) is 0 Å². The van der Waals surface area contributed by atoms with Crippen LogP contribution in [-0.4, -0.2) is 25.7 Å². The fraction of sp³-hybridized carbons (Fsp3) is 0.182. The highest BCUT2D eigenvalue weighted by Gasteiger charge is 2.20. The Kier molecular flexibility index (Phi) is 4.00. The molecule has 0 radical (unpaired) electrons. The lowest BCUT2D eigenvalue weighted by atomic mass is 9.97. The molecule has 0 amide bonds. The van der Waals surface area contributed by atoms with E-state index in [0.717, 1.165) is 52.0 Å². The van der Waals surface area contributed by atoms with Crippen molar-refractivity contribution >= 4 is 5.52 Å². The highest BCUT2D eigenvalue weighted by Crippen LogP contribution is 2.28. The van der Waals surface area contributed by atoms with E-state index in [0.29, 0.717) is 12.1 Å². The summed E-state index contributed by atoms with van der Waals surface area (Å²) in [5.41, 5.74) is 7.13. The van der Waals surface area contributed by atoms with Crippen LogP contribution in [0.15, 0.2) is 53.8 Å². The van der Waals surface area contributed by atoms with Gasteiger partial charge in [0.2, 0.25) is 0 Å². The van der Waals surface area contributed by atoms with Crippen LogP contribution in [0.3, 0.4) is 0 Å². The minimum Gasteiger partial charge on any atom is -0.318 e. The van der Waals surface area contributed by atoms with Crippen molar-refractivity contribution in [3.05, 3.63) is 76.1 Å². The van der Waals surface area contributed by atoms with Crippen LogP contribution in [0.4, 0.5) is 0 Å². The zero-order valence-corrected chi connectivity index (χ0v) is 15.9. The minimum atomic E-state index is 0.0634. The molecule has 7 nitrogen and oxygen atoms in total. The molecule has 0 aliphatic carbocycles. The van der Waals surface area contributed by atoms with Gasteiger partial charge >= 0.3 is 0 Å². The molecule has 29 heavy (non-hydrogen) atoms. The predicted octanol–water partition coefficient (Wildman–Crippen LogP) is 2.28. The van der Waals surface area contributed by atoms with Gasteiger partial charge < -0.3 is 9.88 Å². The molecule has 142 valence electrons. The van der Waals surface area contributed by atoms with Crippen LogP contribution >= 0.6 is 0 Å². The molecule has 4 aromatic rings. The molecule has 1 aromatic carbocycles. The zero-order chi connectivity index (χ0) is 20.0. The van der Waals surface area contributed by atoms with Gasteiger partial charge in [0.1, 0.15) is 0 Å². The molecular weight excluding hydrogens is 364 g/mol. The van der Waals surface area contributed by atoms with Gasteiger partial charge in [0, 0.05) is 36.5 Å². The van der Waals surface area contributed by atoms with Gasteiger partial charge in [-0.15, -0.1) is 0 Å². The van der Waals surface area contributed by atoms with E-state index in [1.807, 2.05) is 35.2 Å². The smallest absolute Gasteiger partial charge is 0.253 e. The van der Waals surface area contributed by atoms with Crippen molar-refractivity contribution in [1.82, 2.24) is 24.5 Å². The Morgan fingerprint density at radius 3 is 2.72 bits per heavy atom. The number of benzene rings is 1. The zero-order valence-electron chi connectivity index (χ0n) is 15.9. The summed E-state index contributed by atoms with van der Waals surface area (Å²) in [6.07, 6.45) is 8.09. The average molecular weight is 382 g/mol. The summed E-state index contributed by atoms with van der Waals surface area (Å²) < 4.78 is 3.44. The van der Waals surface area contributed by atoms with Crippen LogP contribution in [0.5, 0.6) is 0 Å². The number of nitriles is 1. The Hall–Kier alpha value is -3.76. The molecule has 5 rings (SSSR count). The monoisotopic (exact) mass is 382 g/mol. The quantitative estimate of drug-likeness (QED) is 0.575. The second-order valence-corrected chi connectivity index (χ2v) is 7.19. The molecule has 3 aromatic heterocycles. The lowest BCUT2D eigenvalue weighted by Gasteiger charge is -2.20. The summed E-state index contributed by atoms with van der Waals surface area (Å²) >= 11 is 0. The van der Waals surface area contributed by atoms with Crippen LogP contribution in [0, 0.1) is 11.3 Å². The predicted molar refractivity (Wildman–Crippen MR) is 109 cm³/mol. The number of hydrogen-bond acceptors (Lipinski definition) is 5. The van der Waals surface area contributed by atoms with E-state index in [4.69, 9.17) is 10.2 Å². The lowest BCUT2D eigenvalue weighted by Crippen LogP contribution is -2.33. The van der Waals surface area contributed by atoms with Crippen LogP contribution in [0.25, 0.3) is 27.9 Å². The molecule has 0 saturated heterocycles. The fourth-order valence-electron chi connectivity index (χ4n) is 3.91. The molecule has 1 aliphatic rings. The maximum atomic E-state index is 12.5. The maximum Gasteiger partial charge on any atom is 0.253 e. The third-order valence-corrected chi connectivity index (χ3v) is 5.45. The topological polar surface area (TPSA) is 88.0 Å². The van der Waals surface area contributed by atoms with E-state index in [1.54, 1.807) is 29.9 Å². The van der Waals surface area contributed by atoms with E-state index >= 15 is 0 Å². The minimum absolute atomic E-state index is 0.0634. The van der Waals surface area contributed by atoms with Crippen molar-refractivity contribution in [1.29, 1.82) is 5.26 Å². The summed E-state index contributed by atoms with van der Waals surface area (Å²) in [6, 6.07) is 9.56. The maximum absolute atomic E-state index is 12.5. The highest BCUT2D eigenvalue weighted by molar-refractivity contribution is 5.80. The number of aryl methyl sites for hydroxylation is 1. The second kappa shape index (κ2) is 6.69. The van der Waals surface area contributed by atoms with E-state index in [-0.39, 0.29) is 5.56 Å². The number of rotatable bonds is 2. The van der Waals surface area contributed by atoms with Crippen LogP contribution < -0.4 is 10.9 Å². The number of nitrogens with one attached hydrogen (secondary N) is 1. The average Bonchev–Trinajstić information content (AvgIpc) is 3.19. The first-order chi connectivity index (χ1) is 14.2. The Labute approximate surface area is 166 Å². The summed E-state index contributed by atoms with van der Waals surface area (Å²) in [6.45, 7) is 1.47. The Bertz CT molecular complexity index is 1340. The summed E-state index contributed by atoms with van der Waals surface area (Å²) in [7, 11) is 1.78. The van der Waals surface area contributed by atoms with Crippen LogP contribution in [0.1, 0.15) is 16.7 Å². The molecule has 0 unspecified atom stereocenters. The first-order valence-electron chi connectivity index (χ1n) is 9.42. The van der Waals surface area contributed by atoms with Crippen molar-refractivity contribution in [3.8, 4) is 28.5 Å². The van der Waals surface area contributed by atoms with Gasteiger partial charge in [-0.3, -0.25) is 9.78 Å². The van der Waals surface area contributed by atoms with E-state index in [2.05, 4.69) is 16.5 Å². The van der Waals surface area contributed by atoms with E-state index in [9.17, 15) is 4.79 Å². The van der Waals surface area contributed by atoms with Gasteiger partial charge in [-0.1, -0.05) is 12.1 Å². The van der Waals surface area contributed by atoms with Crippen molar-refractivity contribution in [2.45, 2.75) is 13.0 Å². The molecule has 7 heteroatoms. The first kappa shape index (κ1) is 17.3. The largest absolute Gasteiger partial charge is 0.318 e. The van der Waals surface area contributed by atoms with Crippen molar-refractivity contribution in [2.24, 2.45) is 7.05 Å². The lowest BCUT2D eigenvalue weighted by molar-refractivity contribution is 0.629. The number of nitrogens with zero attached hydrogens (tertiary/aromatic N) is 5. The fourth-order valence-corrected chi connectivity index (χ4v) is 3.91. The summed E-state index contributed by atoms with van der Waals surface area (Å²) in [5.74, 6) is 0. The number of pyridine rings is 1. The molecule has 1 aliphatic heterocycles. The third kappa shape index (κ3) is 2.82. The third-order valence-electron chi connectivity index (χ3n) is 5.45. The molecular formula is C22H18N6O. The molecule has 0 saturated carbocycles. The Morgan fingerprint density at radius 2 is 1.93 bits per heavy atom. The molecule has 0 spiro atoms. The van der Waals surface area contributed by atoms with Gasteiger partial charge in [0.05, 0.1) is 41.4 Å². The molecule has 0 atom stereocenters. The van der Waals surface area contributed by atoms with Gasteiger partial charge in [-0.2, -0.15) is 10.4 Å². The summed E-state index contributed by atoms with van der Waals surface area (Å²) in [4.78, 5) is 17.2. The van der Waals surface area contributed by atoms with Gasteiger partial charge in [0.15, 0.2) is 0 Å². The van der Waals surface area contributed by atoms with Gasteiger partial charge in [-0.25, -0.2) is 4.52 Å². The second-order valence-electron chi connectivity index (χ2n) is 7.19. The molecule has 1 N–H and O–H groups in total. The standard InChI is InChI=1S/C22H18N6O/c1-27-12-19(18-9-24-7-6-16(18)22(27)29)20-13-28-21(11-25-20)17(10-26-28)15-4-2-14(8-23)3-5-15/h2-5,10-13,24H,6-7,9H2,1H3. The highest BCUT2D eigenvalue weighted by atomic mass is 16.1. The molecule has 0 bridgehead atoms. The number of aromatic nitrogens is 4. The Balaban J connectivity index is 1.63. The Morgan fingerprint density at radius 1 is 1.10 bits per heavy atom. The van der Waals surface area contributed by atoms with Gasteiger partial charge in [-0.05, 0) is 36.2 Å². The summed E-state index contributed by atoms with van der Waals surface area (Å²) in [5, 5.41) is 16.8. The van der Waals surface area contributed by atoms with Crippen molar-refractivity contribution in [3.63, 3.8) is 0 Å². The van der Waals surface area contributed by atoms with Crippen molar-refractivity contribution in [2.75, 3.05) is 6.54 Å². The normalized spacial score (nSPS) is 13.2. The van der Waals surface area contributed by atoms with Crippen molar-refractivity contribution < 1.29 is 0 Å². The van der Waals surface area contributed by atoms with Crippen LogP contribution in [-0.2, 0) is 20.0 Å². The van der Waals surface area contributed by atoms with Gasteiger partial charge in [0.25, 0.3) is 5.56 Å². The number of hydrogen-bond donors (Lipinski definition) is 1. The first-order valence-corrected chi connectivity index (χ1v) is 9.42. The van der Waals surface area contributed by atoms with E-state index < -0.39 is 0 Å². The molecule has 0 fully saturated rings. The van der Waals surface area contributed by atoms with Crippen LogP contribution in [0.2, 0.25) is 0 Å². The SMILES string of the molecule is Cn1cc(-c2cn3ncc(-c4ccc(C#N)cc4)c3cn2)c2c(c1=O)CCNC2.